The molecule has 160 valence electrons. The second kappa shape index (κ2) is 10.1. The van der Waals surface area contributed by atoms with Crippen molar-refractivity contribution in [2.75, 3.05) is 13.7 Å². The number of rotatable bonds is 10. The third-order valence-corrected chi connectivity index (χ3v) is 5.35. The van der Waals surface area contributed by atoms with Crippen molar-refractivity contribution in [2.45, 2.75) is 52.9 Å². The molecular weight excluding hydrogens is 378 g/mol. The Morgan fingerprint density at radius 3 is 2.77 bits per heavy atom. The summed E-state index contributed by atoms with van der Waals surface area (Å²) >= 11 is 0. The van der Waals surface area contributed by atoms with Crippen LogP contribution in [0.1, 0.15) is 60.8 Å². The van der Waals surface area contributed by atoms with Crippen molar-refractivity contribution in [1.29, 1.82) is 0 Å². The minimum absolute atomic E-state index is 0.179. The highest BCUT2D eigenvalue weighted by molar-refractivity contribution is 6.11. The number of methoxy groups -OCH3 is 1. The standard InChI is InChI=1S/C24H31N3O3/c1-5-6-7-8-12-30-24(28)13-18-16(2)20(26-17(18)3)14-22-23(29-4)15-21(27-22)19-10-9-11-25-19/h9-11,14-15,25-26H,5-8,12-13H2,1-4H3. The monoisotopic (exact) mass is 409 g/mol. The van der Waals surface area contributed by atoms with Gasteiger partial charge in [0.2, 0.25) is 0 Å². The van der Waals surface area contributed by atoms with E-state index in [9.17, 15) is 4.79 Å². The molecule has 0 unspecified atom stereocenters. The maximum absolute atomic E-state index is 12.3. The normalized spacial score (nSPS) is 14.7. The van der Waals surface area contributed by atoms with Crippen LogP contribution >= 0.6 is 0 Å². The molecule has 1 aliphatic rings. The number of aromatic amines is 2. The molecule has 2 aromatic rings. The lowest BCUT2D eigenvalue weighted by Crippen LogP contribution is -2.10. The van der Waals surface area contributed by atoms with E-state index in [2.05, 4.69) is 16.9 Å². The maximum Gasteiger partial charge on any atom is 0.310 e. The first-order chi connectivity index (χ1) is 14.5. The number of nitrogens with one attached hydrogen (secondary N) is 2. The van der Waals surface area contributed by atoms with Gasteiger partial charge in [-0.05, 0) is 49.6 Å². The zero-order valence-corrected chi connectivity index (χ0v) is 18.3. The zero-order valence-electron chi connectivity index (χ0n) is 18.3. The van der Waals surface area contributed by atoms with Gasteiger partial charge in [0.25, 0.3) is 0 Å². The van der Waals surface area contributed by atoms with E-state index in [0.29, 0.717) is 12.4 Å². The second-order valence-corrected chi connectivity index (χ2v) is 7.55. The number of nitrogens with zero attached hydrogens (tertiary/aromatic N) is 1. The first-order valence-electron chi connectivity index (χ1n) is 10.6. The Labute approximate surface area is 178 Å². The zero-order chi connectivity index (χ0) is 21.5. The van der Waals surface area contributed by atoms with E-state index in [1.807, 2.05) is 44.3 Å². The van der Waals surface area contributed by atoms with Gasteiger partial charge < -0.3 is 19.4 Å². The fourth-order valence-electron chi connectivity index (χ4n) is 3.58. The summed E-state index contributed by atoms with van der Waals surface area (Å²) in [6, 6.07) is 3.91. The molecule has 0 spiro atoms. The number of allylic oxidation sites excluding steroid dienone is 1. The van der Waals surface area contributed by atoms with Crippen molar-refractivity contribution in [1.82, 2.24) is 9.97 Å². The summed E-state index contributed by atoms with van der Waals surface area (Å²) in [5, 5.41) is 0. The number of hydrogen-bond acceptors (Lipinski definition) is 4. The van der Waals surface area contributed by atoms with Gasteiger partial charge >= 0.3 is 5.97 Å². The summed E-state index contributed by atoms with van der Waals surface area (Å²) in [5.74, 6) is 0.528. The summed E-state index contributed by atoms with van der Waals surface area (Å²) in [5.41, 5.74) is 6.42. The van der Waals surface area contributed by atoms with Crippen LogP contribution < -0.4 is 0 Å². The van der Waals surface area contributed by atoms with Gasteiger partial charge in [-0.2, -0.15) is 0 Å². The Morgan fingerprint density at radius 1 is 1.23 bits per heavy atom. The van der Waals surface area contributed by atoms with E-state index >= 15 is 0 Å². The van der Waals surface area contributed by atoms with Crippen LogP contribution in [0.4, 0.5) is 0 Å². The molecule has 0 saturated heterocycles. The van der Waals surface area contributed by atoms with E-state index in [4.69, 9.17) is 14.5 Å². The molecule has 30 heavy (non-hydrogen) atoms. The Morgan fingerprint density at radius 2 is 2.07 bits per heavy atom. The average molecular weight is 410 g/mol. The molecule has 0 aliphatic carbocycles. The van der Waals surface area contributed by atoms with Crippen LogP contribution in [0.25, 0.3) is 6.08 Å². The summed E-state index contributed by atoms with van der Waals surface area (Å²) in [6.07, 6.45) is 10.4. The fourth-order valence-corrected chi connectivity index (χ4v) is 3.58. The number of aryl methyl sites for hydroxylation is 1. The number of H-pyrrole nitrogens is 2. The van der Waals surface area contributed by atoms with Crippen LogP contribution in [0.2, 0.25) is 0 Å². The predicted octanol–water partition coefficient (Wildman–Crippen LogP) is 5.00. The van der Waals surface area contributed by atoms with E-state index in [1.54, 1.807) is 7.11 Å². The number of hydrogen-bond donors (Lipinski definition) is 2. The Kier molecular flexibility index (Phi) is 7.33. The Bertz CT molecular complexity index is 962. The first-order valence-corrected chi connectivity index (χ1v) is 10.6. The lowest BCUT2D eigenvalue weighted by Gasteiger charge is -2.06. The highest BCUT2D eigenvalue weighted by Gasteiger charge is 2.19. The number of unbranched alkanes of at least 4 members (excludes halogenated alkanes) is 3. The molecule has 2 N–H and O–H groups in total. The molecule has 6 heteroatoms. The van der Waals surface area contributed by atoms with Crippen LogP contribution in [0.3, 0.4) is 0 Å². The molecule has 3 rings (SSSR count). The van der Waals surface area contributed by atoms with Crippen molar-refractivity contribution in [3.8, 4) is 0 Å². The van der Waals surface area contributed by atoms with Crippen molar-refractivity contribution in [3.63, 3.8) is 0 Å². The number of carbonyl (C=O) groups excluding carboxylic acids is 1. The predicted molar refractivity (Wildman–Crippen MR) is 119 cm³/mol. The number of ether oxygens (including phenoxy) is 2. The molecule has 0 atom stereocenters. The molecule has 0 bridgehead atoms. The second-order valence-electron chi connectivity index (χ2n) is 7.55. The molecule has 2 aromatic heterocycles. The highest BCUT2D eigenvalue weighted by atomic mass is 16.5. The topological polar surface area (TPSA) is 79.5 Å². The quantitative estimate of drug-likeness (QED) is 0.428. The van der Waals surface area contributed by atoms with Gasteiger partial charge in [-0.3, -0.25) is 4.79 Å². The number of aromatic nitrogens is 2. The number of aliphatic imine (C=N–C) groups is 1. The summed E-state index contributed by atoms with van der Waals surface area (Å²) in [7, 11) is 1.64. The molecule has 0 radical (unpaired) electrons. The van der Waals surface area contributed by atoms with Gasteiger partial charge in [0.05, 0.1) is 31.5 Å². The molecule has 6 nitrogen and oxygen atoms in total. The Balaban J connectivity index is 1.72. The summed E-state index contributed by atoms with van der Waals surface area (Å²) < 4.78 is 10.9. The summed E-state index contributed by atoms with van der Waals surface area (Å²) in [4.78, 5) is 23.5. The van der Waals surface area contributed by atoms with Gasteiger partial charge in [-0.15, -0.1) is 0 Å². The molecule has 1 aliphatic heterocycles. The van der Waals surface area contributed by atoms with Crippen molar-refractivity contribution in [2.24, 2.45) is 4.99 Å². The van der Waals surface area contributed by atoms with Gasteiger partial charge in [0, 0.05) is 23.7 Å². The lowest BCUT2D eigenvalue weighted by atomic mass is 10.1. The van der Waals surface area contributed by atoms with Crippen molar-refractivity contribution in [3.05, 3.63) is 64.1 Å². The Hall–Kier alpha value is -3.02. The fraction of sp³-hybridized carbons (Fsp3) is 0.417. The van der Waals surface area contributed by atoms with Crippen molar-refractivity contribution >= 4 is 17.8 Å². The third kappa shape index (κ3) is 5.12. The van der Waals surface area contributed by atoms with E-state index in [-0.39, 0.29) is 12.4 Å². The van der Waals surface area contributed by atoms with Crippen LogP contribution in [0.15, 0.2) is 40.9 Å². The molecule has 3 heterocycles. The van der Waals surface area contributed by atoms with Gasteiger partial charge in [0.15, 0.2) is 0 Å². The van der Waals surface area contributed by atoms with Crippen LogP contribution in [-0.2, 0) is 20.7 Å². The number of esters is 1. The van der Waals surface area contributed by atoms with E-state index in [0.717, 1.165) is 52.5 Å². The van der Waals surface area contributed by atoms with Gasteiger partial charge in [-0.25, -0.2) is 4.99 Å². The molecular formula is C24H31N3O3. The van der Waals surface area contributed by atoms with Gasteiger partial charge in [-0.1, -0.05) is 26.2 Å². The SMILES string of the molecule is CCCCCCOC(=O)Cc1c(C)[nH]c(C=C2N=C(c3ccc[nH]3)C=C2OC)c1C. The highest BCUT2D eigenvalue weighted by Crippen LogP contribution is 2.27. The molecule has 0 saturated carbocycles. The molecule has 0 amide bonds. The largest absolute Gasteiger partial charge is 0.494 e. The third-order valence-electron chi connectivity index (χ3n) is 5.35. The van der Waals surface area contributed by atoms with E-state index in [1.165, 1.54) is 12.8 Å². The molecule has 0 fully saturated rings. The van der Waals surface area contributed by atoms with Crippen LogP contribution in [0.5, 0.6) is 0 Å². The van der Waals surface area contributed by atoms with Crippen LogP contribution in [0, 0.1) is 13.8 Å². The molecule has 0 aromatic carbocycles. The minimum Gasteiger partial charge on any atom is -0.494 e. The smallest absolute Gasteiger partial charge is 0.310 e. The lowest BCUT2D eigenvalue weighted by molar-refractivity contribution is -0.142. The minimum atomic E-state index is -0.179. The van der Waals surface area contributed by atoms with E-state index < -0.39 is 0 Å². The maximum atomic E-state index is 12.3. The van der Waals surface area contributed by atoms with Gasteiger partial charge in [0.1, 0.15) is 11.5 Å². The number of carbonyl (C=O) groups is 1. The first kappa shape index (κ1) is 21.7. The van der Waals surface area contributed by atoms with Crippen molar-refractivity contribution < 1.29 is 14.3 Å². The van der Waals surface area contributed by atoms with Crippen LogP contribution in [-0.4, -0.2) is 35.4 Å². The summed E-state index contributed by atoms with van der Waals surface area (Å²) in [6.45, 7) is 6.66. The average Bonchev–Trinajstić information content (AvgIpc) is 3.45.